The number of aliphatic imine (C=N–C) groups is 1. The van der Waals surface area contributed by atoms with Crippen molar-refractivity contribution < 1.29 is 4.79 Å². The fourth-order valence-corrected chi connectivity index (χ4v) is 5.70. The molecule has 7 heteroatoms. The minimum absolute atomic E-state index is 0.00216. The Morgan fingerprint density at radius 1 is 1.09 bits per heavy atom. The number of thiazole rings is 1. The fraction of sp³-hybridized carbons (Fsp3) is 0.192. The average molecular weight is 586 g/mol. The van der Waals surface area contributed by atoms with E-state index in [9.17, 15) is 4.79 Å². The molecule has 4 aromatic rings. The van der Waals surface area contributed by atoms with E-state index >= 15 is 0 Å². The van der Waals surface area contributed by atoms with Crippen molar-refractivity contribution in [3.05, 3.63) is 80.9 Å². The molecule has 0 saturated heterocycles. The van der Waals surface area contributed by atoms with Crippen molar-refractivity contribution in [3.63, 3.8) is 0 Å². The average Bonchev–Trinajstić information content (AvgIpc) is 3.25. The number of aromatic nitrogens is 1. The van der Waals surface area contributed by atoms with E-state index in [0.29, 0.717) is 5.75 Å². The van der Waals surface area contributed by atoms with E-state index in [1.165, 1.54) is 26.5 Å². The summed E-state index contributed by atoms with van der Waals surface area (Å²) in [5.41, 5.74) is 6.20. The van der Waals surface area contributed by atoms with Gasteiger partial charge in [0.25, 0.3) is 0 Å². The molecule has 0 atom stereocenters. The molecule has 1 N–H and O–H groups in total. The third-order valence-corrected chi connectivity index (χ3v) is 8.06. The molecular formula is C26H24IN3OS2. The van der Waals surface area contributed by atoms with Gasteiger partial charge >= 0.3 is 0 Å². The van der Waals surface area contributed by atoms with Gasteiger partial charge in [-0.2, -0.15) is 0 Å². The number of aryl methyl sites for hydroxylation is 2. The third kappa shape index (κ3) is 6.22. The lowest BCUT2D eigenvalue weighted by Crippen LogP contribution is -2.16. The first kappa shape index (κ1) is 23.9. The number of thioether (sulfide) groups is 1. The minimum atomic E-state index is -0.00216. The van der Waals surface area contributed by atoms with Crippen LogP contribution in [0, 0.1) is 3.57 Å². The molecule has 0 bridgehead atoms. The molecule has 0 saturated carbocycles. The summed E-state index contributed by atoms with van der Waals surface area (Å²) < 4.78 is 3.16. The molecule has 0 radical (unpaired) electrons. The molecule has 0 spiro atoms. The van der Waals surface area contributed by atoms with E-state index in [2.05, 4.69) is 94.2 Å². The molecule has 0 unspecified atom stereocenters. The lowest BCUT2D eigenvalue weighted by atomic mass is 10.0. The number of carbonyl (C=O) groups excluding carboxylic acids is 1. The number of hydrogen-bond acceptors (Lipinski definition) is 5. The number of nitrogens with one attached hydrogen (secondary N) is 1. The van der Waals surface area contributed by atoms with Gasteiger partial charge in [-0.15, -0.1) is 11.3 Å². The van der Waals surface area contributed by atoms with Crippen molar-refractivity contribution in [1.29, 1.82) is 0 Å². The molecule has 1 heterocycles. The van der Waals surface area contributed by atoms with Crippen LogP contribution in [0.25, 0.3) is 10.2 Å². The summed E-state index contributed by atoms with van der Waals surface area (Å²) in [6, 6.07) is 20.5. The Labute approximate surface area is 216 Å². The summed E-state index contributed by atoms with van der Waals surface area (Å²) in [6.07, 6.45) is 3.66. The van der Waals surface area contributed by atoms with Crippen molar-refractivity contribution in [2.45, 2.75) is 31.0 Å². The molecule has 0 aliphatic carbocycles. The van der Waals surface area contributed by atoms with Crippen LogP contribution in [0.15, 0.2) is 70.0 Å². The van der Waals surface area contributed by atoms with E-state index < -0.39 is 0 Å². The Bertz CT molecular complexity index is 1280. The quantitative estimate of drug-likeness (QED) is 0.132. The minimum Gasteiger partial charge on any atom is -0.325 e. The zero-order chi connectivity index (χ0) is 23.2. The van der Waals surface area contributed by atoms with Crippen LogP contribution < -0.4 is 5.32 Å². The Morgan fingerprint density at radius 3 is 2.52 bits per heavy atom. The molecule has 1 amide bonds. The van der Waals surface area contributed by atoms with E-state index in [1.54, 1.807) is 11.3 Å². The fourth-order valence-electron chi connectivity index (χ4n) is 3.44. The second-order valence-corrected chi connectivity index (χ2v) is 10.9. The molecular weight excluding hydrogens is 561 g/mol. The molecule has 0 aliphatic rings. The predicted octanol–water partition coefficient (Wildman–Crippen LogP) is 7.51. The lowest BCUT2D eigenvalue weighted by molar-refractivity contribution is -0.113. The zero-order valence-electron chi connectivity index (χ0n) is 18.5. The summed E-state index contributed by atoms with van der Waals surface area (Å²) in [5.74, 6) is 0.330. The van der Waals surface area contributed by atoms with E-state index in [-0.39, 0.29) is 5.91 Å². The summed E-state index contributed by atoms with van der Waals surface area (Å²) in [7, 11) is 0. The first-order valence-electron chi connectivity index (χ1n) is 10.8. The highest BCUT2D eigenvalue weighted by Gasteiger charge is 2.12. The van der Waals surface area contributed by atoms with Crippen LogP contribution >= 0.6 is 45.7 Å². The van der Waals surface area contributed by atoms with Gasteiger partial charge in [-0.1, -0.05) is 55.9 Å². The third-order valence-electron chi connectivity index (χ3n) is 5.18. The number of halogens is 1. The van der Waals surface area contributed by atoms with Crippen LogP contribution in [0.2, 0.25) is 0 Å². The summed E-state index contributed by atoms with van der Waals surface area (Å²) >= 11 is 5.36. The summed E-state index contributed by atoms with van der Waals surface area (Å²) in [4.78, 5) is 21.9. The SMILES string of the molecule is CCc1cccc(CC)c1NC(=O)CSc1nc2ccc(N=Cc3ccc(I)cc3)cc2s1. The number of amides is 1. The van der Waals surface area contributed by atoms with E-state index in [1.807, 2.05) is 24.4 Å². The van der Waals surface area contributed by atoms with Gasteiger partial charge < -0.3 is 5.32 Å². The number of rotatable bonds is 8. The summed E-state index contributed by atoms with van der Waals surface area (Å²) in [6.45, 7) is 4.22. The van der Waals surface area contributed by atoms with Gasteiger partial charge in [0.15, 0.2) is 4.34 Å². The first-order valence-corrected chi connectivity index (χ1v) is 13.7. The highest BCUT2D eigenvalue weighted by Crippen LogP contribution is 2.32. The maximum atomic E-state index is 12.7. The van der Waals surface area contributed by atoms with Crippen LogP contribution in [0.3, 0.4) is 0 Å². The standard InChI is InChI=1S/C26H24IN3OS2/c1-3-18-6-5-7-19(4-2)25(18)30-24(31)16-32-26-29-22-13-12-21(14-23(22)33-26)28-15-17-8-10-20(27)11-9-17/h5-15H,3-4,16H2,1-2H3,(H,30,31). The highest BCUT2D eigenvalue weighted by atomic mass is 127. The van der Waals surface area contributed by atoms with Crippen LogP contribution in [-0.4, -0.2) is 22.9 Å². The lowest BCUT2D eigenvalue weighted by Gasteiger charge is -2.14. The van der Waals surface area contributed by atoms with E-state index in [0.717, 1.165) is 44.3 Å². The molecule has 1 aromatic heterocycles. The predicted molar refractivity (Wildman–Crippen MR) is 151 cm³/mol. The monoisotopic (exact) mass is 585 g/mol. The molecule has 168 valence electrons. The number of carbonyl (C=O) groups is 1. The largest absolute Gasteiger partial charge is 0.325 e. The van der Waals surface area contributed by atoms with Gasteiger partial charge in [-0.25, -0.2) is 4.98 Å². The molecule has 0 aliphatic heterocycles. The van der Waals surface area contributed by atoms with Gasteiger partial charge in [0.05, 0.1) is 21.7 Å². The topological polar surface area (TPSA) is 54.4 Å². The first-order chi connectivity index (χ1) is 16.1. The zero-order valence-corrected chi connectivity index (χ0v) is 22.3. The number of hydrogen-bond donors (Lipinski definition) is 1. The highest BCUT2D eigenvalue weighted by molar-refractivity contribution is 14.1. The molecule has 0 fully saturated rings. The number of benzene rings is 3. The number of fused-ring (bicyclic) bond motifs is 1. The van der Waals surface area contributed by atoms with Crippen LogP contribution in [0.5, 0.6) is 0 Å². The Morgan fingerprint density at radius 2 is 1.82 bits per heavy atom. The second kappa shape index (κ2) is 11.3. The van der Waals surface area contributed by atoms with E-state index in [4.69, 9.17) is 0 Å². The summed E-state index contributed by atoms with van der Waals surface area (Å²) in [5, 5.41) is 3.13. The molecule has 4 nitrogen and oxygen atoms in total. The molecule has 4 rings (SSSR count). The van der Waals surface area contributed by atoms with Crippen molar-refractivity contribution >= 4 is 79.4 Å². The van der Waals surface area contributed by atoms with Gasteiger partial charge in [0.1, 0.15) is 0 Å². The Hall–Kier alpha value is -2.23. The maximum Gasteiger partial charge on any atom is 0.234 e. The normalized spacial score (nSPS) is 11.4. The molecule has 33 heavy (non-hydrogen) atoms. The van der Waals surface area contributed by atoms with Gasteiger partial charge in [-0.05, 0) is 82.5 Å². The number of para-hydroxylation sites is 1. The number of nitrogens with zero attached hydrogens (tertiary/aromatic N) is 2. The van der Waals surface area contributed by atoms with Crippen molar-refractivity contribution in [1.82, 2.24) is 4.98 Å². The smallest absolute Gasteiger partial charge is 0.234 e. The van der Waals surface area contributed by atoms with Gasteiger partial charge in [-0.3, -0.25) is 9.79 Å². The van der Waals surface area contributed by atoms with Crippen molar-refractivity contribution in [3.8, 4) is 0 Å². The molecule has 3 aromatic carbocycles. The Balaban J connectivity index is 1.41. The second-order valence-electron chi connectivity index (χ2n) is 7.44. The van der Waals surface area contributed by atoms with Crippen LogP contribution in [0.1, 0.15) is 30.5 Å². The van der Waals surface area contributed by atoms with Crippen LogP contribution in [-0.2, 0) is 17.6 Å². The van der Waals surface area contributed by atoms with Gasteiger partial charge in [0, 0.05) is 15.5 Å². The van der Waals surface area contributed by atoms with Crippen molar-refractivity contribution in [2.75, 3.05) is 11.1 Å². The van der Waals surface area contributed by atoms with Gasteiger partial charge in [0.2, 0.25) is 5.91 Å². The van der Waals surface area contributed by atoms with Crippen LogP contribution in [0.4, 0.5) is 11.4 Å². The maximum absolute atomic E-state index is 12.7. The van der Waals surface area contributed by atoms with Crippen molar-refractivity contribution in [2.24, 2.45) is 4.99 Å². The Kier molecular flexibility index (Phi) is 8.16. The number of anilines is 1.